The maximum atomic E-state index is 12.4. The number of piperidine rings is 2. The Morgan fingerprint density at radius 1 is 0.731 bits per heavy atom. The number of halogens is 2. The minimum absolute atomic E-state index is 0.194. The Kier molecular flexibility index (Phi) is 20.0. The zero-order chi connectivity index (χ0) is 48.9. The second kappa shape index (κ2) is 24.9. The molecule has 67 heavy (non-hydrogen) atoms. The van der Waals surface area contributed by atoms with Crippen LogP contribution in [-0.2, 0) is 9.47 Å². The molecule has 0 aromatic carbocycles. The first-order chi connectivity index (χ1) is 31.9. The fourth-order valence-electron chi connectivity index (χ4n) is 9.32. The van der Waals surface area contributed by atoms with Crippen LogP contribution < -0.4 is 26.6 Å². The van der Waals surface area contributed by atoms with Crippen molar-refractivity contribution in [1.82, 2.24) is 34.9 Å². The molecule has 5 N–H and O–H groups in total. The van der Waals surface area contributed by atoms with E-state index in [1.807, 2.05) is 63.6 Å². The van der Waals surface area contributed by atoms with Gasteiger partial charge in [-0.25, -0.2) is 24.4 Å². The molecule has 2 aromatic heterocycles. The SMILES string of the molecule is CC[C@H]1CN(c2ncc(C3=NCCN3)cc2Cl)CCN1C1CCN(C(=O)OC(C)(C)C)CC1.NCCN.[C-]#[N+]c1cnc(N2CCN(C3CCN(C(=O)OC(C)(C)C)CC3)[C@@H](CC)C2)c(Cl)c1. The van der Waals surface area contributed by atoms with Crippen LogP contribution in [0.1, 0.15) is 99.5 Å². The summed E-state index contributed by atoms with van der Waals surface area (Å²) in [4.78, 5) is 55.2. The van der Waals surface area contributed by atoms with Gasteiger partial charge in [0.05, 0.1) is 23.2 Å². The van der Waals surface area contributed by atoms with Gasteiger partial charge in [0.25, 0.3) is 0 Å². The van der Waals surface area contributed by atoms with E-state index in [-0.39, 0.29) is 12.2 Å². The lowest BCUT2D eigenvalue weighted by molar-refractivity contribution is 0.00849. The second-order valence-corrected chi connectivity index (χ2v) is 20.6. The highest BCUT2D eigenvalue weighted by Crippen LogP contribution is 2.33. The number of carbonyl (C=O) groups is 2. The number of carbonyl (C=O) groups excluding carboxylic acids is 2. The average Bonchev–Trinajstić information content (AvgIpc) is 3.86. The Balaban J connectivity index is 0.000000233. The van der Waals surface area contributed by atoms with E-state index in [1.54, 1.807) is 12.3 Å². The number of aliphatic imine (C=N–C) groups is 1. The van der Waals surface area contributed by atoms with Gasteiger partial charge in [0.2, 0.25) is 5.69 Å². The molecule has 0 saturated carbocycles. The molecular formula is C48H77Cl2N13O4. The van der Waals surface area contributed by atoms with Crippen LogP contribution in [-0.4, -0.2) is 175 Å². The highest BCUT2D eigenvalue weighted by Gasteiger charge is 2.37. The van der Waals surface area contributed by atoms with Gasteiger partial charge in [0.15, 0.2) is 0 Å². The van der Waals surface area contributed by atoms with Crippen molar-refractivity contribution in [3.8, 4) is 0 Å². The van der Waals surface area contributed by atoms with Crippen LogP contribution in [0, 0.1) is 6.57 Å². The van der Waals surface area contributed by atoms with Crippen LogP contribution in [0.25, 0.3) is 4.85 Å². The zero-order valence-corrected chi connectivity index (χ0v) is 42.8. The molecule has 4 fully saturated rings. The first-order valence-electron chi connectivity index (χ1n) is 24.2. The first kappa shape index (κ1) is 53.8. The second-order valence-electron chi connectivity index (χ2n) is 19.8. The molecule has 2 amide bonds. The summed E-state index contributed by atoms with van der Waals surface area (Å²) in [7, 11) is 0. The Morgan fingerprint density at radius 3 is 1.54 bits per heavy atom. The molecule has 372 valence electrons. The monoisotopic (exact) mass is 970 g/mol. The van der Waals surface area contributed by atoms with E-state index < -0.39 is 11.2 Å². The minimum Gasteiger partial charge on any atom is -0.444 e. The standard InChI is InChI=1S/C24H37ClN6O2.C22H32ClN5O2.C2H8N2/c1-5-18-16-30(22-20(25)14-17(15-28-22)21-26-8-9-27-21)12-13-31(18)19-6-10-29(11-7-19)23(32)33-24(2,3)4;1-6-17-15-27(20-19(23)13-16(24-5)14-25-20)11-12-28(17)18-7-9-26(10-8-18)21(29)30-22(2,3)4;3-1-2-4/h14-15,18-19H,5-13,16H2,1-4H3,(H,26,27);13-14,17-18H,6-12,15H2,1-4H3;1-4H2/t18-;17-;/m00./s1. The summed E-state index contributed by atoms with van der Waals surface area (Å²) in [6.45, 7) is 34.3. The fraction of sp³-hybridized carbons (Fsp3) is 0.708. The maximum absolute atomic E-state index is 12.4. The Morgan fingerprint density at radius 2 is 1.18 bits per heavy atom. The summed E-state index contributed by atoms with van der Waals surface area (Å²) < 4.78 is 11.1. The molecule has 19 heteroatoms. The first-order valence-corrected chi connectivity index (χ1v) is 25.0. The highest BCUT2D eigenvalue weighted by atomic mass is 35.5. The van der Waals surface area contributed by atoms with E-state index >= 15 is 0 Å². The molecule has 5 aliphatic heterocycles. The van der Waals surface area contributed by atoms with Gasteiger partial charge in [-0.2, -0.15) is 0 Å². The van der Waals surface area contributed by atoms with Crippen molar-refractivity contribution < 1.29 is 19.1 Å². The summed E-state index contributed by atoms with van der Waals surface area (Å²) in [6, 6.07) is 5.49. The molecule has 7 rings (SSSR count). The number of piperazine rings is 2. The predicted octanol–water partition coefficient (Wildman–Crippen LogP) is 6.87. The molecule has 2 atom stereocenters. The summed E-state index contributed by atoms with van der Waals surface area (Å²) in [6.07, 6.45) is 9.08. The Labute approximate surface area is 409 Å². The number of nitrogens with zero attached hydrogens (tertiary/aromatic N) is 10. The number of pyridine rings is 2. The molecule has 5 aliphatic rings. The van der Waals surface area contributed by atoms with Gasteiger partial charge in [-0.15, -0.1) is 0 Å². The largest absolute Gasteiger partial charge is 0.444 e. The van der Waals surface area contributed by atoms with Gasteiger partial charge < -0.3 is 45.9 Å². The lowest BCUT2D eigenvalue weighted by Gasteiger charge is -2.47. The van der Waals surface area contributed by atoms with Gasteiger partial charge >= 0.3 is 12.2 Å². The van der Waals surface area contributed by atoms with Crippen molar-refractivity contribution in [1.29, 1.82) is 0 Å². The third-order valence-corrected chi connectivity index (χ3v) is 13.2. The van der Waals surface area contributed by atoms with E-state index in [4.69, 9.17) is 55.7 Å². The molecule has 0 aliphatic carbocycles. The predicted molar refractivity (Wildman–Crippen MR) is 270 cm³/mol. The van der Waals surface area contributed by atoms with Crippen molar-refractivity contribution in [2.45, 2.75) is 129 Å². The Hall–Kier alpha value is -4.18. The molecule has 17 nitrogen and oxygen atoms in total. The van der Waals surface area contributed by atoms with E-state index in [2.05, 4.69) is 53.6 Å². The number of likely N-dealkylation sites (tertiary alicyclic amines) is 2. The van der Waals surface area contributed by atoms with Crippen molar-refractivity contribution >= 4 is 58.5 Å². The minimum atomic E-state index is -0.458. The lowest BCUT2D eigenvalue weighted by atomic mass is 9.98. The molecule has 2 aromatic rings. The summed E-state index contributed by atoms with van der Waals surface area (Å²) >= 11 is 13.1. The third-order valence-electron chi connectivity index (χ3n) is 12.6. The molecule has 0 unspecified atom stereocenters. The molecule has 7 heterocycles. The summed E-state index contributed by atoms with van der Waals surface area (Å²) in [5.74, 6) is 2.50. The topological polar surface area (TPSA) is 179 Å². The highest BCUT2D eigenvalue weighted by molar-refractivity contribution is 6.33. The van der Waals surface area contributed by atoms with E-state index in [0.29, 0.717) is 53.0 Å². The number of nitrogens with two attached hydrogens (primary N) is 2. The molecule has 0 spiro atoms. The number of ether oxygens (including phenoxy) is 2. The smallest absolute Gasteiger partial charge is 0.410 e. The van der Waals surface area contributed by atoms with E-state index in [1.165, 1.54) is 0 Å². The molecule has 4 saturated heterocycles. The Bertz CT molecular complexity index is 1990. The van der Waals surface area contributed by atoms with E-state index in [0.717, 1.165) is 140 Å². The number of amides is 2. The zero-order valence-electron chi connectivity index (χ0n) is 41.3. The van der Waals surface area contributed by atoms with Crippen molar-refractivity contribution in [2.24, 2.45) is 16.5 Å². The van der Waals surface area contributed by atoms with Crippen molar-refractivity contribution in [3.05, 3.63) is 51.6 Å². The van der Waals surface area contributed by atoms with Gasteiger partial charge in [-0.05, 0) is 92.2 Å². The van der Waals surface area contributed by atoms with Crippen molar-refractivity contribution in [2.75, 3.05) is 101 Å². The molecule has 0 radical (unpaired) electrons. The van der Waals surface area contributed by atoms with Crippen LogP contribution in [0.2, 0.25) is 10.0 Å². The van der Waals surface area contributed by atoms with Crippen LogP contribution in [0.15, 0.2) is 29.5 Å². The van der Waals surface area contributed by atoms with Crippen LogP contribution in [0.5, 0.6) is 0 Å². The van der Waals surface area contributed by atoms with Gasteiger partial charge in [0, 0.05) is 127 Å². The molecule has 0 bridgehead atoms. The quantitative estimate of drug-likeness (QED) is 0.234. The number of aromatic nitrogens is 2. The summed E-state index contributed by atoms with van der Waals surface area (Å²) in [5.41, 5.74) is 10.3. The van der Waals surface area contributed by atoms with Crippen LogP contribution >= 0.6 is 23.2 Å². The number of hydrogen-bond donors (Lipinski definition) is 3. The molecular weight excluding hydrogens is 894 g/mol. The van der Waals surface area contributed by atoms with Gasteiger partial charge in [-0.3, -0.25) is 14.8 Å². The summed E-state index contributed by atoms with van der Waals surface area (Å²) in [5, 5.41) is 4.50. The van der Waals surface area contributed by atoms with Crippen LogP contribution in [0.4, 0.5) is 26.9 Å². The number of anilines is 2. The van der Waals surface area contributed by atoms with Gasteiger partial charge in [0.1, 0.15) is 28.7 Å². The van der Waals surface area contributed by atoms with Crippen molar-refractivity contribution in [3.63, 3.8) is 0 Å². The lowest BCUT2D eigenvalue weighted by Crippen LogP contribution is -2.59. The number of rotatable bonds is 8. The maximum Gasteiger partial charge on any atom is 0.410 e. The fourth-order valence-corrected chi connectivity index (χ4v) is 9.89. The van der Waals surface area contributed by atoms with Gasteiger partial charge in [-0.1, -0.05) is 37.0 Å². The van der Waals surface area contributed by atoms with E-state index in [9.17, 15) is 9.59 Å². The number of amidine groups is 1. The number of hydrogen-bond acceptors (Lipinski definition) is 14. The normalized spacial score (nSPS) is 21.3. The van der Waals surface area contributed by atoms with Crippen LogP contribution in [0.3, 0.4) is 0 Å². The number of nitrogens with one attached hydrogen (secondary N) is 1. The third kappa shape index (κ3) is 15.4. The average molecular weight is 971 g/mol.